The van der Waals surface area contributed by atoms with E-state index in [4.69, 9.17) is 14.7 Å². The van der Waals surface area contributed by atoms with Crippen molar-refractivity contribution >= 4 is 5.91 Å². The molecule has 124 valence electrons. The third-order valence-corrected chi connectivity index (χ3v) is 3.30. The summed E-state index contributed by atoms with van der Waals surface area (Å²) in [4.78, 5) is 12.0. The summed E-state index contributed by atoms with van der Waals surface area (Å²) < 4.78 is 11.1. The molecule has 0 bridgehead atoms. The molecule has 0 spiro atoms. The summed E-state index contributed by atoms with van der Waals surface area (Å²) in [5, 5.41) is 11.6. The van der Waals surface area contributed by atoms with E-state index in [1.54, 1.807) is 31.2 Å². The minimum Gasteiger partial charge on any atom is -0.492 e. The second kappa shape index (κ2) is 8.59. The predicted octanol–water partition coefficient (Wildman–Crippen LogP) is 2.83. The number of hydrogen-bond donors (Lipinski definition) is 1. The molecule has 2 aromatic rings. The van der Waals surface area contributed by atoms with Crippen LogP contribution in [0.3, 0.4) is 0 Å². The van der Waals surface area contributed by atoms with E-state index < -0.39 is 6.10 Å². The van der Waals surface area contributed by atoms with Gasteiger partial charge in [-0.3, -0.25) is 4.79 Å². The number of carbonyl (C=O) groups excluding carboxylic acids is 1. The van der Waals surface area contributed by atoms with Gasteiger partial charge in [0.25, 0.3) is 5.91 Å². The van der Waals surface area contributed by atoms with Gasteiger partial charge in [0.15, 0.2) is 6.10 Å². The van der Waals surface area contributed by atoms with E-state index in [-0.39, 0.29) is 5.91 Å². The van der Waals surface area contributed by atoms with Gasteiger partial charge in [-0.15, -0.1) is 0 Å². The smallest absolute Gasteiger partial charge is 0.260 e. The van der Waals surface area contributed by atoms with Gasteiger partial charge < -0.3 is 14.8 Å². The van der Waals surface area contributed by atoms with Crippen molar-refractivity contribution in [1.29, 1.82) is 5.26 Å². The summed E-state index contributed by atoms with van der Waals surface area (Å²) >= 11 is 0. The summed E-state index contributed by atoms with van der Waals surface area (Å²) in [5.41, 5.74) is 1.62. The van der Waals surface area contributed by atoms with Crippen LogP contribution in [0.15, 0.2) is 48.5 Å². The van der Waals surface area contributed by atoms with Crippen LogP contribution in [0.2, 0.25) is 0 Å². The Balaban J connectivity index is 1.74. The number of rotatable bonds is 7. The minimum absolute atomic E-state index is 0.231. The maximum atomic E-state index is 12.0. The quantitative estimate of drug-likeness (QED) is 0.795. The maximum Gasteiger partial charge on any atom is 0.260 e. The van der Waals surface area contributed by atoms with Crippen molar-refractivity contribution in [3.8, 4) is 17.6 Å². The Labute approximate surface area is 141 Å². The van der Waals surface area contributed by atoms with Gasteiger partial charge >= 0.3 is 0 Å². The molecule has 0 fully saturated rings. The number of carbonyl (C=O) groups is 1. The van der Waals surface area contributed by atoms with Gasteiger partial charge in [-0.1, -0.05) is 18.2 Å². The fourth-order valence-corrected chi connectivity index (χ4v) is 2.09. The highest BCUT2D eigenvalue weighted by molar-refractivity contribution is 5.80. The van der Waals surface area contributed by atoms with Crippen LogP contribution < -0.4 is 14.8 Å². The van der Waals surface area contributed by atoms with Crippen LogP contribution >= 0.6 is 0 Å². The fourth-order valence-electron chi connectivity index (χ4n) is 2.09. The first kappa shape index (κ1) is 17.4. The Kier molecular flexibility index (Phi) is 6.21. The molecule has 0 aromatic heterocycles. The Morgan fingerprint density at radius 1 is 1.21 bits per heavy atom. The Morgan fingerprint density at radius 2 is 1.96 bits per heavy atom. The fraction of sp³-hybridized carbons (Fsp3) is 0.263. The van der Waals surface area contributed by atoms with Crippen molar-refractivity contribution in [2.75, 3.05) is 13.2 Å². The second-order valence-corrected chi connectivity index (χ2v) is 5.36. The molecule has 0 radical (unpaired) electrons. The van der Waals surface area contributed by atoms with Gasteiger partial charge in [0.1, 0.15) is 18.1 Å². The molecule has 0 aliphatic carbocycles. The van der Waals surface area contributed by atoms with Crippen LogP contribution in [-0.2, 0) is 4.79 Å². The van der Waals surface area contributed by atoms with E-state index in [2.05, 4.69) is 5.32 Å². The Hall–Kier alpha value is -3.00. The van der Waals surface area contributed by atoms with Crippen molar-refractivity contribution in [1.82, 2.24) is 5.32 Å². The number of nitrogens with zero attached hydrogens (tertiary/aromatic N) is 1. The van der Waals surface area contributed by atoms with Crippen molar-refractivity contribution in [2.24, 2.45) is 0 Å². The summed E-state index contributed by atoms with van der Waals surface area (Å²) in [7, 11) is 0. The normalized spacial score (nSPS) is 11.2. The van der Waals surface area contributed by atoms with Crippen LogP contribution in [0.1, 0.15) is 18.1 Å². The first-order valence-corrected chi connectivity index (χ1v) is 7.72. The number of nitrogens with one attached hydrogen (secondary N) is 1. The maximum absolute atomic E-state index is 12.0. The van der Waals surface area contributed by atoms with Gasteiger partial charge in [0, 0.05) is 0 Å². The second-order valence-electron chi connectivity index (χ2n) is 5.36. The Morgan fingerprint density at radius 3 is 2.71 bits per heavy atom. The topological polar surface area (TPSA) is 71.3 Å². The van der Waals surface area contributed by atoms with Gasteiger partial charge in [-0.05, 0) is 49.7 Å². The number of hydrogen-bond acceptors (Lipinski definition) is 4. The highest BCUT2D eigenvalue weighted by Crippen LogP contribution is 2.14. The third kappa shape index (κ3) is 5.33. The largest absolute Gasteiger partial charge is 0.492 e. The molecule has 2 rings (SSSR count). The zero-order chi connectivity index (χ0) is 17.4. The summed E-state index contributed by atoms with van der Waals surface area (Å²) in [6.07, 6.45) is -0.655. The van der Waals surface area contributed by atoms with E-state index in [1.165, 1.54) is 0 Å². The zero-order valence-electron chi connectivity index (χ0n) is 13.8. The van der Waals surface area contributed by atoms with E-state index in [1.807, 2.05) is 37.3 Å². The minimum atomic E-state index is -0.655. The van der Waals surface area contributed by atoms with E-state index in [9.17, 15) is 4.79 Å². The molecule has 5 heteroatoms. The molecule has 1 unspecified atom stereocenters. The monoisotopic (exact) mass is 324 g/mol. The molecular formula is C19H20N2O3. The molecule has 1 atom stereocenters. The number of amides is 1. The number of nitriles is 1. The molecule has 5 nitrogen and oxygen atoms in total. The molecular weight excluding hydrogens is 304 g/mol. The van der Waals surface area contributed by atoms with Gasteiger partial charge in [-0.25, -0.2) is 0 Å². The van der Waals surface area contributed by atoms with Crippen LogP contribution in [0, 0.1) is 18.3 Å². The molecule has 0 saturated carbocycles. The summed E-state index contributed by atoms with van der Waals surface area (Å²) in [6, 6.07) is 16.5. The van der Waals surface area contributed by atoms with Crippen molar-refractivity contribution in [3.05, 3.63) is 59.7 Å². The molecule has 24 heavy (non-hydrogen) atoms. The molecule has 0 saturated heterocycles. The highest BCUT2D eigenvalue weighted by Gasteiger charge is 2.14. The van der Waals surface area contributed by atoms with Crippen LogP contribution in [0.4, 0.5) is 0 Å². The van der Waals surface area contributed by atoms with Crippen LogP contribution in [0.5, 0.6) is 11.5 Å². The van der Waals surface area contributed by atoms with Crippen molar-refractivity contribution < 1.29 is 14.3 Å². The van der Waals surface area contributed by atoms with Crippen LogP contribution in [-0.4, -0.2) is 25.2 Å². The first-order valence-electron chi connectivity index (χ1n) is 7.72. The number of ether oxygens (including phenoxy) is 2. The molecule has 0 heterocycles. The lowest BCUT2D eigenvalue weighted by Crippen LogP contribution is -2.38. The van der Waals surface area contributed by atoms with Crippen molar-refractivity contribution in [3.63, 3.8) is 0 Å². The molecule has 1 amide bonds. The SMILES string of the molecule is Cc1cccc(OCCNC(=O)C(C)Oc2cccc(C#N)c2)c1. The average molecular weight is 324 g/mol. The average Bonchev–Trinajstić information content (AvgIpc) is 2.58. The lowest BCUT2D eigenvalue weighted by atomic mass is 10.2. The lowest BCUT2D eigenvalue weighted by molar-refractivity contribution is -0.127. The molecule has 1 N–H and O–H groups in total. The summed E-state index contributed by atoms with van der Waals surface area (Å²) in [5.74, 6) is 1.04. The third-order valence-electron chi connectivity index (χ3n) is 3.30. The molecule has 2 aromatic carbocycles. The van der Waals surface area contributed by atoms with Gasteiger partial charge in [-0.2, -0.15) is 5.26 Å². The Bertz CT molecular complexity index is 737. The first-order chi connectivity index (χ1) is 11.6. The lowest BCUT2D eigenvalue weighted by Gasteiger charge is -2.15. The predicted molar refractivity (Wildman–Crippen MR) is 90.9 cm³/mol. The van der Waals surface area contributed by atoms with E-state index >= 15 is 0 Å². The molecule has 0 aliphatic heterocycles. The van der Waals surface area contributed by atoms with Crippen molar-refractivity contribution in [2.45, 2.75) is 20.0 Å². The van der Waals surface area contributed by atoms with E-state index in [0.717, 1.165) is 11.3 Å². The van der Waals surface area contributed by atoms with Crippen LogP contribution in [0.25, 0.3) is 0 Å². The van der Waals surface area contributed by atoms with E-state index in [0.29, 0.717) is 24.5 Å². The molecule has 0 aliphatic rings. The van der Waals surface area contributed by atoms with Gasteiger partial charge in [0.05, 0.1) is 18.2 Å². The van der Waals surface area contributed by atoms with Gasteiger partial charge in [0.2, 0.25) is 0 Å². The standard InChI is InChI=1S/C19H20N2O3/c1-14-5-3-7-17(11-14)23-10-9-21-19(22)15(2)24-18-8-4-6-16(12-18)13-20/h3-8,11-12,15H,9-10H2,1-2H3,(H,21,22). The number of benzene rings is 2. The number of aryl methyl sites for hydroxylation is 1. The highest BCUT2D eigenvalue weighted by atomic mass is 16.5. The zero-order valence-corrected chi connectivity index (χ0v) is 13.8. The summed E-state index contributed by atoms with van der Waals surface area (Å²) in [6.45, 7) is 4.43.